The molecule has 24 heavy (non-hydrogen) atoms. The average molecular weight is 382 g/mol. The first-order chi connectivity index (χ1) is 11.0. The zero-order valence-corrected chi connectivity index (χ0v) is 19.1. The largest absolute Gasteiger partial charge is 0.494 e. The van der Waals surface area contributed by atoms with Crippen LogP contribution in [0, 0.1) is 0 Å². The molecule has 0 saturated carbocycles. The number of aryl methyl sites for hydroxylation is 1. The van der Waals surface area contributed by atoms with Crippen LogP contribution < -0.4 is 4.74 Å². The molecule has 0 unspecified atom stereocenters. The van der Waals surface area contributed by atoms with E-state index in [1.165, 1.54) is 50.5 Å². The van der Waals surface area contributed by atoms with E-state index in [0.717, 1.165) is 12.2 Å². The van der Waals surface area contributed by atoms with Crippen LogP contribution in [0.25, 0.3) is 0 Å². The van der Waals surface area contributed by atoms with Crippen molar-refractivity contribution in [1.82, 2.24) is 0 Å². The van der Waals surface area contributed by atoms with Gasteiger partial charge in [0.15, 0.2) is 0 Å². The Morgan fingerprint density at radius 3 is 2.08 bits per heavy atom. The Kier molecular flexibility index (Phi) is 15.1. The van der Waals surface area contributed by atoms with Crippen molar-refractivity contribution in [1.29, 1.82) is 0 Å². The summed E-state index contributed by atoms with van der Waals surface area (Å²) in [6.07, 6.45) is 10.6. The molecule has 133 valence electrons. The van der Waals surface area contributed by atoms with Gasteiger partial charge in [0.2, 0.25) is 0 Å². The summed E-state index contributed by atoms with van der Waals surface area (Å²) in [7, 11) is -3.89. The molecule has 0 bridgehead atoms. The second-order valence-electron chi connectivity index (χ2n) is 6.00. The van der Waals surface area contributed by atoms with Gasteiger partial charge < -0.3 is 4.74 Å². The van der Waals surface area contributed by atoms with Gasteiger partial charge in [-0.1, -0.05) is 57.6 Å². The first-order valence-electron chi connectivity index (χ1n) is 8.68. The number of unbranched alkanes of at least 4 members (excludes halogenated alkanes) is 6. The molecular weight excluding hydrogens is 351 g/mol. The van der Waals surface area contributed by atoms with Gasteiger partial charge in [-0.15, -0.1) is 0 Å². The minimum Gasteiger partial charge on any atom is -0.494 e. The minimum absolute atomic E-state index is 0. The Morgan fingerprint density at radius 1 is 0.917 bits per heavy atom. The molecule has 0 amide bonds. The second kappa shape index (κ2) is 14.7. The SMILES string of the molecule is CCCCCCCCCc1ccc(OCCCS(=O)(=O)O)cc1.[K]. The molecule has 6 heteroatoms. The molecule has 1 aromatic rings. The van der Waals surface area contributed by atoms with Crippen LogP contribution in [0.5, 0.6) is 5.75 Å². The molecule has 0 saturated heterocycles. The molecule has 0 atom stereocenters. The van der Waals surface area contributed by atoms with Crippen LogP contribution in [0.2, 0.25) is 0 Å². The smallest absolute Gasteiger partial charge is 0.264 e. The van der Waals surface area contributed by atoms with E-state index in [-0.39, 0.29) is 63.7 Å². The Balaban J connectivity index is 0.00000529. The minimum atomic E-state index is -3.89. The van der Waals surface area contributed by atoms with Gasteiger partial charge in [0.25, 0.3) is 10.1 Å². The van der Waals surface area contributed by atoms with Gasteiger partial charge >= 0.3 is 0 Å². The van der Waals surface area contributed by atoms with Gasteiger partial charge in [-0.25, -0.2) is 0 Å². The summed E-state index contributed by atoms with van der Waals surface area (Å²) in [6, 6.07) is 7.97. The van der Waals surface area contributed by atoms with Crippen molar-refractivity contribution in [2.45, 2.75) is 64.7 Å². The monoisotopic (exact) mass is 381 g/mol. The van der Waals surface area contributed by atoms with Crippen LogP contribution in [0.3, 0.4) is 0 Å². The Hall–Kier alpha value is 0.566. The van der Waals surface area contributed by atoms with Crippen molar-refractivity contribution in [3.8, 4) is 5.75 Å². The molecule has 0 aliphatic heterocycles. The maximum atomic E-state index is 10.6. The molecule has 1 rings (SSSR count). The summed E-state index contributed by atoms with van der Waals surface area (Å²) in [6.45, 7) is 2.53. The van der Waals surface area contributed by atoms with E-state index < -0.39 is 10.1 Å². The fraction of sp³-hybridized carbons (Fsp3) is 0.667. The fourth-order valence-electron chi connectivity index (χ4n) is 2.47. The standard InChI is InChI=1S/C18H30O4S.K/c1-2-3-4-5-6-7-8-10-17-11-13-18(14-12-17)22-15-9-16-23(19,20)21;/h11-14H,2-10,15-16H2,1H3,(H,19,20,21);. The summed E-state index contributed by atoms with van der Waals surface area (Å²) in [5.74, 6) is 0.479. The van der Waals surface area contributed by atoms with E-state index in [4.69, 9.17) is 9.29 Å². The fourth-order valence-corrected chi connectivity index (χ4v) is 2.95. The van der Waals surface area contributed by atoms with Crippen molar-refractivity contribution >= 4 is 61.5 Å². The summed E-state index contributed by atoms with van der Waals surface area (Å²) >= 11 is 0. The van der Waals surface area contributed by atoms with Crippen molar-refractivity contribution in [2.75, 3.05) is 12.4 Å². The van der Waals surface area contributed by atoms with Crippen LogP contribution in [-0.4, -0.2) is 76.7 Å². The topological polar surface area (TPSA) is 63.6 Å². The molecule has 0 aliphatic rings. The first kappa shape index (κ1) is 24.6. The first-order valence-corrected chi connectivity index (χ1v) is 10.3. The van der Waals surface area contributed by atoms with Crippen molar-refractivity contribution in [2.24, 2.45) is 0 Å². The van der Waals surface area contributed by atoms with Crippen molar-refractivity contribution < 1.29 is 17.7 Å². The normalized spacial score (nSPS) is 11.1. The molecule has 0 aliphatic carbocycles. The maximum absolute atomic E-state index is 10.6. The quantitative estimate of drug-likeness (QED) is 0.315. The molecule has 4 nitrogen and oxygen atoms in total. The number of rotatable bonds is 13. The van der Waals surface area contributed by atoms with E-state index in [0.29, 0.717) is 6.42 Å². The van der Waals surface area contributed by atoms with Crippen molar-refractivity contribution in [3.63, 3.8) is 0 Å². The molecule has 0 heterocycles. The number of benzene rings is 1. The zero-order valence-electron chi connectivity index (χ0n) is 15.2. The number of ether oxygens (including phenoxy) is 1. The number of hydrogen-bond acceptors (Lipinski definition) is 3. The van der Waals surface area contributed by atoms with Gasteiger partial charge in [0.05, 0.1) is 12.4 Å². The Morgan fingerprint density at radius 2 is 1.50 bits per heavy atom. The molecule has 0 fully saturated rings. The summed E-state index contributed by atoms with van der Waals surface area (Å²) in [5, 5.41) is 0. The van der Waals surface area contributed by atoms with Gasteiger partial charge in [-0.3, -0.25) is 4.55 Å². The van der Waals surface area contributed by atoms with Gasteiger partial charge in [-0.2, -0.15) is 8.42 Å². The zero-order chi connectivity index (χ0) is 17.0. The van der Waals surface area contributed by atoms with Crippen LogP contribution in [0.1, 0.15) is 63.9 Å². The third-order valence-corrected chi connectivity index (χ3v) is 4.61. The van der Waals surface area contributed by atoms with E-state index in [9.17, 15) is 8.42 Å². The van der Waals surface area contributed by atoms with E-state index >= 15 is 0 Å². The predicted molar refractivity (Wildman–Crippen MR) is 100 cm³/mol. The predicted octanol–water partition coefficient (Wildman–Crippen LogP) is 4.26. The molecule has 1 N–H and O–H groups in total. The van der Waals surface area contributed by atoms with Gasteiger partial charge in [-0.05, 0) is 37.0 Å². The third kappa shape index (κ3) is 13.8. The van der Waals surface area contributed by atoms with E-state index in [2.05, 4.69) is 19.1 Å². The summed E-state index contributed by atoms with van der Waals surface area (Å²) in [5.41, 5.74) is 1.31. The van der Waals surface area contributed by atoms with Crippen LogP contribution >= 0.6 is 0 Å². The summed E-state index contributed by atoms with van der Waals surface area (Å²) in [4.78, 5) is 0. The van der Waals surface area contributed by atoms with Gasteiger partial charge in [0, 0.05) is 51.4 Å². The maximum Gasteiger partial charge on any atom is 0.264 e. The van der Waals surface area contributed by atoms with E-state index in [1.54, 1.807) is 0 Å². The van der Waals surface area contributed by atoms with Crippen LogP contribution in [0.4, 0.5) is 0 Å². The average Bonchev–Trinajstić information content (AvgIpc) is 2.51. The molecular formula is C18H30KO4S. The second-order valence-corrected chi connectivity index (χ2v) is 7.58. The van der Waals surface area contributed by atoms with Crippen molar-refractivity contribution in [3.05, 3.63) is 29.8 Å². The van der Waals surface area contributed by atoms with Gasteiger partial charge in [0.1, 0.15) is 5.75 Å². The number of hydrogen-bond donors (Lipinski definition) is 1. The van der Waals surface area contributed by atoms with E-state index in [1.807, 2.05) is 12.1 Å². The summed E-state index contributed by atoms with van der Waals surface area (Å²) < 4.78 is 35.3. The van der Waals surface area contributed by atoms with Crippen LogP contribution in [0.15, 0.2) is 24.3 Å². The molecule has 0 aromatic heterocycles. The van der Waals surface area contributed by atoms with Crippen LogP contribution in [-0.2, 0) is 16.5 Å². The Labute approximate surface area is 189 Å². The third-order valence-electron chi connectivity index (χ3n) is 3.81. The molecule has 0 spiro atoms. The Bertz CT molecular complexity index is 514. The molecule has 1 radical (unpaired) electrons. The molecule has 1 aromatic carbocycles.